The van der Waals surface area contributed by atoms with Crippen molar-refractivity contribution in [2.75, 3.05) is 25.6 Å². The number of urea groups is 1. The zero-order valence-electron chi connectivity index (χ0n) is 16.6. The molecule has 9 nitrogen and oxygen atoms in total. The van der Waals surface area contributed by atoms with E-state index in [0.29, 0.717) is 29.2 Å². The van der Waals surface area contributed by atoms with Crippen LogP contribution in [0.4, 0.5) is 10.6 Å². The van der Waals surface area contributed by atoms with Gasteiger partial charge < -0.3 is 4.74 Å². The first-order chi connectivity index (χ1) is 14.1. The smallest absolute Gasteiger partial charge is 0.332 e. The standard InChI is InChI=1S/C19H25N7O2S/c1-3-26(29)19(27)24-17-8-7-15-18(23-17)22-16(12-20-15)14-11-21-25(13-14)9-5-4-6-10-28-2/h7-8,11-13,29H,3-6,9-10H2,1-2H3,(H,22,23,24,27). The first kappa shape index (κ1) is 21.0. The summed E-state index contributed by atoms with van der Waals surface area (Å²) in [6.45, 7) is 3.94. The van der Waals surface area contributed by atoms with Crippen molar-refractivity contribution < 1.29 is 9.53 Å². The Balaban J connectivity index is 1.71. The molecule has 10 heteroatoms. The average Bonchev–Trinajstić information content (AvgIpc) is 3.21. The molecule has 3 rings (SSSR count). The molecule has 0 aliphatic rings. The highest BCUT2D eigenvalue weighted by atomic mass is 32.1. The average molecular weight is 416 g/mol. The summed E-state index contributed by atoms with van der Waals surface area (Å²) in [4.78, 5) is 25.4. The minimum atomic E-state index is -0.349. The number of amides is 2. The third-order valence-corrected chi connectivity index (χ3v) is 4.80. The number of carbonyl (C=O) groups is 1. The number of fused-ring (bicyclic) bond motifs is 1. The third kappa shape index (κ3) is 5.64. The Hall–Kier alpha value is -2.72. The van der Waals surface area contributed by atoms with Crippen LogP contribution < -0.4 is 5.32 Å². The quantitative estimate of drug-likeness (QED) is 0.411. The number of pyridine rings is 1. The molecule has 0 unspecified atom stereocenters. The monoisotopic (exact) mass is 415 g/mol. The van der Waals surface area contributed by atoms with Crippen LogP contribution in [0, 0.1) is 0 Å². The molecule has 29 heavy (non-hydrogen) atoms. The van der Waals surface area contributed by atoms with Gasteiger partial charge in [-0.05, 0) is 38.3 Å². The third-order valence-electron chi connectivity index (χ3n) is 4.34. The number of thiol groups is 1. The minimum Gasteiger partial charge on any atom is -0.385 e. The topological polar surface area (TPSA) is 98.1 Å². The van der Waals surface area contributed by atoms with Crippen molar-refractivity contribution in [2.45, 2.75) is 32.7 Å². The molecular formula is C19H25N7O2S. The summed E-state index contributed by atoms with van der Waals surface area (Å²) in [5, 5.41) is 7.09. The fourth-order valence-electron chi connectivity index (χ4n) is 2.74. The lowest BCUT2D eigenvalue weighted by atomic mass is 10.2. The molecule has 3 aromatic heterocycles. The number of aryl methyl sites for hydroxylation is 1. The molecule has 0 saturated carbocycles. The van der Waals surface area contributed by atoms with Crippen molar-refractivity contribution in [3.63, 3.8) is 0 Å². The van der Waals surface area contributed by atoms with Crippen molar-refractivity contribution in [1.29, 1.82) is 0 Å². The van der Waals surface area contributed by atoms with Crippen LogP contribution in [0.3, 0.4) is 0 Å². The van der Waals surface area contributed by atoms with Gasteiger partial charge >= 0.3 is 6.03 Å². The Bertz CT molecular complexity index is 963. The highest BCUT2D eigenvalue weighted by Gasteiger charge is 2.11. The van der Waals surface area contributed by atoms with E-state index in [0.717, 1.165) is 38.0 Å². The summed E-state index contributed by atoms with van der Waals surface area (Å²) in [6, 6.07) is 3.11. The van der Waals surface area contributed by atoms with E-state index in [1.807, 2.05) is 17.8 Å². The molecule has 0 saturated heterocycles. The van der Waals surface area contributed by atoms with E-state index in [2.05, 4.69) is 38.2 Å². The lowest BCUT2D eigenvalue weighted by Crippen LogP contribution is -2.27. The van der Waals surface area contributed by atoms with E-state index >= 15 is 0 Å². The van der Waals surface area contributed by atoms with Crippen molar-refractivity contribution in [3.8, 4) is 11.3 Å². The zero-order valence-corrected chi connectivity index (χ0v) is 17.5. The summed E-state index contributed by atoms with van der Waals surface area (Å²) in [6.07, 6.45) is 8.62. The van der Waals surface area contributed by atoms with Crippen LogP contribution in [0.2, 0.25) is 0 Å². The number of nitrogens with one attached hydrogen (secondary N) is 1. The fraction of sp³-hybridized carbons (Fsp3) is 0.421. The van der Waals surface area contributed by atoms with Crippen LogP contribution in [-0.2, 0) is 11.3 Å². The molecule has 0 aromatic carbocycles. The van der Waals surface area contributed by atoms with Crippen LogP contribution in [0.25, 0.3) is 22.4 Å². The van der Waals surface area contributed by atoms with E-state index < -0.39 is 0 Å². The number of nitrogens with zero attached hydrogens (tertiary/aromatic N) is 6. The number of ether oxygens (including phenoxy) is 1. The number of methoxy groups -OCH3 is 1. The molecule has 0 aliphatic carbocycles. The SMILES string of the molecule is CCN(S)C(=O)Nc1ccc2ncc(-c3cnn(CCCCCOC)c3)nc2n1. The molecule has 0 bridgehead atoms. The summed E-state index contributed by atoms with van der Waals surface area (Å²) < 4.78 is 8.23. The van der Waals surface area contributed by atoms with Gasteiger partial charge in [-0.15, -0.1) is 0 Å². The van der Waals surface area contributed by atoms with Crippen molar-refractivity contribution >= 4 is 35.8 Å². The lowest BCUT2D eigenvalue weighted by Gasteiger charge is -2.13. The molecule has 3 aromatic rings. The van der Waals surface area contributed by atoms with Crippen LogP contribution >= 0.6 is 12.8 Å². The number of hydrogen-bond donors (Lipinski definition) is 2. The predicted octanol–water partition coefficient (Wildman–Crippen LogP) is 3.40. The molecule has 0 spiro atoms. The van der Waals surface area contributed by atoms with Crippen LogP contribution in [0.5, 0.6) is 0 Å². The van der Waals surface area contributed by atoms with E-state index in [9.17, 15) is 4.79 Å². The number of rotatable bonds is 9. The molecule has 0 radical (unpaired) electrons. The van der Waals surface area contributed by atoms with Gasteiger partial charge in [0.25, 0.3) is 0 Å². The molecular weight excluding hydrogens is 390 g/mol. The number of unbranched alkanes of at least 4 members (excludes halogenated alkanes) is 2. The number of anilines is 1. The highest BCUT2D eigenvalue weighted by Crippen LogP contribution is 2.19. The number of hydrogen-bond acceptors (Lipinski definition) is 7. The second kappa shape index (κ2) is 10.2. The molecule has 154 valence electrons. The van der Waals surface area contributed by atoms with E-state index in [4.69, 9.17) is 4.74 Å². The Morgan fingerprint density at radius 2 is 2.10 bits per heavy atom. The van der Waals surface area contributed by atoms with Gasteiger partial charge in [0.15, 0.2) is 5.65 Å². The Morgan fingerprint density at radius 3 is 2.90 bits per heavy atom. The predicted molar refractivity (Wildman–Crippen MR) is 115 cm³/mol. The fourth-order valence-corrected chi connectivity index (χ4v) is 2.79. The van der Waals surface area contributed by atoms with Gasteiger partial charge in [-0.1, -0.05) is 12.8 Å². The molecule has 0 aliphatic heterocycles. The van der Waals surface area contributed by atoms with Gasteiger partial charge in [-0.3, -0.25) is 19.3 Å². The van der Waals surface area contributed by atoms with E-state index in [1.54, 1.807) is 31.6 Å². The number of aromatic nitrogens is 5. The molecule has 0 atom stereocenters. The largest absolute Gasteiger partial charge is 0.385 e. The summed E-state index contributed by atoms with van der Waals surface area (Å²) >= 11 is 4.09. The van der Waals surface area contributed by atoms with E-state index in [1.165, 1.54) is 4.31 Å². The molecule has 1 N–H and O–H groups in total. The Labute approximate surface area is 175 Å². The molecule has 3 heterocycles. The second-order valence-electron chi connectivity index (χ2n) is 6.49. The molecule has 0 fully saturated rings. The normalized spacial score (nSPS) is 11.0. The summed E-state index contributed by atoms with van der Waals surface area (Å²) in [7, 11) is 1.72. The van der Waals surface area contributed by atoms with Gasteiger partial charge in [0.1, 0.15) is 11.3 Å². The van der Waals surface area contributed by atoms with Gasteiger partial charge in [-0.25, -0.2) is 14.8 Å². The lowest BCUT2D eigenvalue weighted by molar-refractivity contribution is 0.191. The van der Waals surface area contributed by atoms with Gasteiger partial charge in [-0.2, -0.15) is 5.10 Å². The Kier molecular flexibility index (Phi) is 7.36. The van der Waals surface area contributed by atoms with Crippen LogP contribution in [-0.4, -0.2) is 55.3 Å². The maximum Gasteiger partial charge on any atom is 0.332 e. The first-order valence-electron chi connectivity index (χ1n) is 9.53. The summed E-state index contributed by atoms with van der Waals surface area (Å²) in [5.41, 5.74) is 2.66. The maximum absolute atomic E-state index is 12.0. The van der Waals surface area contributed by atoms with Gasteiger partial charge in [0.05, 0.1) is 18.1 Å². The first-order valence-corrected chi connectivity index (χ1v) is 9.93. The second-order valence-corrected chi connectivity index (χ2v) is 6.97. The van der Waals surface area contributed by atoms with Crippen LogP contribution in [0.1, 0.15) is 26.2 Å². The van der Waals surface area contributed by atoms with Crippen molar-refractivity contribution in [3.05, 3.63) is 30.7 Å². The van der Waals surface area contributed by atoms with Crippen molar-refractivity contribution in [1.82, 2.24) is 29.0 Å². The maximum atomic E-state index is 12.0. The Morgan fingerprint density at radius 1 is 1.24 bits per heavy atom. The summed E-state index contributed by atoms with van der Waals surface area (Å²) in [5.74, 6) is 0.396. The van der Waals surface area contributed by atoms with Crippen molar-refractivity contribution in [2.24, 2.45) is 0 Å². The van der Waals surface area contributed by atoms with Gasteiger partial charge in [0.2, 0.25) is 0 Å². The van der Waals surface area contributed by atoms with Crippen LogP contribution in [0.15, 0.2) is 30.7 Å². The number of carbonyl (C=O) groups excluding carboxylic acids is 1. The highest BCUT2D eigenvalue weighted by molar-refractivity contribution is 7.78. The zero-order chi connectivity index (χ0) is 20.6. The van der Waals surface area contributed by atoms with Gasteiger partial charge in [0, 0.05) is 38.6 Å². The minimum absolute atomic E-state index is 0.349. The van der Waals surface area contributed by atoms with E-state index in [-0.39, 0.29) is 6.03 Å². The molecule has 2 amide bonds.